The molecule has 1 aromatic carbocycles. The molecule has 1 fully saturated rings. The van der Waals surface area contributed by atoms with Gasteiger partial charge < -0.3 is 25.6 Å². The van der Waals surface area contributed by atoms with Crippen LogP contribution in [0.1, 0.15) is 35.0 Å². The number of carboxylic acids is 1. The van der Waals surface area contributed by atoms with Crippen molar-refractivity contribution in [2.75, 3.05) is 30.4 Å². The molecule has 0 radical (unpaired) electrons. The van der Waals surface area contributed by atoms with Crippen LogP contribution in [0.5, 0.6) is 0 Å². The molecule has 200 valence electrons. The number of aromatic carboxylic acids is 1. The van der Waals surface area contributed by atoms with Gasteiger partial charge >= 0.3 is 5.97 Å². The Hall–Kier alpha value is -4.38. The van der Waals surface area contributed by atoms with Crippen LogP contribution in [0.4, 0.5) is 20.2 Å². The van der Waals surface area contributed by atoms with E-state index in [9.17, 15) is 19.1 Å². The molecule has 4 N–H and O–H groups in total. The van der Waals surface area contributed by atoms with E-state index in [1.165, 1.54) is 6.20 Å². The zero-order valence-electron chi connectivity index (χ0n) is 21.4. The number of nitrogens with two attached hydrogens (primary N) is 1. The molecular weight excluding hydrogens is 506 g/mol. The zero-order chi connectivity index (χ0) is 27.6. The minimum atomic E-state index is -1.32. The van der Waals surface area contributed by atoms with E-state index in [0.717, 1.165) is 12.5 Å². The molecule has 3 aromatic heterocycles. The molecule has 0 amide bonds. The third-order valence-electron chi connectivity index (χ3n) is 7.66. The minimum Gasteiger partial charge on any atom is -0.477 e. The molecule has 1 unspecified atom stereocenters. The van der Waals surface area contributed by atoms with Crippen molar-refractivity contribution in [1.82, 2.24) is 14.5 Å². The second-order valence-corrected chi connectivity index (χ2v) is 9.90. The van der Waals surface area contributed by atoms with E-state index in [1.807, 2.05) is 11.8 Å². The molecule has 39 heavy (non-hydrogen) atoms. The topological polar surface area (TPSA) is 126 Å². The van der Waals surface area contributed by atoms with E-state index >= 15 is 4.39 Å². The van der Waals surface area contributed by atoms with E-state index in [2.05, 4.69) is 15.3 Å². The lowest BCUT2D eigenvalue weighted by molar-refractivity contribution is 0.0695. The number of nitrogens with one attached hydrogen (secondary N) is 1. The summed E-state index contributed by atoms with van der Waals surface area (Å²) >= 11 is 0. The first-order chi connectivity index (χ1) is 18.7. The maximum Gasteiger partial charge on any atom is 0.341 e. The van der Waals surface area contributed by atoms with Crippen LogP contribution in [0.2, 0.25) is 0 Å². The van der Waals surface area contributed by atoms with Gasteiger partial charge in [0.2, 0.25) is 5.43 Å². The first kappa shape index (κ1) is 24.9. The highest BCUT2D eigenvalue weighted by molar-refractivity contribution is 5.98. The molecule has 11 heteroatoms. The van der Waals surface area contributed by atoms with Crippen molar-refractivity contribution < 1.29 is 18.7 Å². The van der Waals surface area contributed by atoms with Gasteiger partial charge in [0.15, 0.2) is 11.6 Å². The Balaban J connectivity index is 1.66. The van der Waals surface area contributed by atoms with Crippen LogP contribution in [-0.2, 0) is 13.0 Å². The number of rotatable bonds is 5. The second-order valence-electron chi connectivity index (χ2n) is 9.90. The molecule has 9 nitrogen and oxygen atoms in total. The molecule has 1 aliphatic heterocycles. The van der Waals surface area contributed by atoms with Crippen LogP contribution in [0.15, 0.2) is 35.5 Å². The Kier molecular flexibility index (Phi) is 5.83. The fraction of sp³-hybridized carbons (Fsp3) is 0.286. The number of aryl methyl sites for hydroxylation is 1. The van der Waals surface area contributed by atoms with Crippen molar-refractivity contribution in [2.45, 2.75) is 32.4 Å². The maximum absolute atomic E-state index is 15.5. The molecule has 6 rings (SSSR count). The summed E-state index contributed by atoms with van der Waals surface area (Å²) in [6.07, 6.45) is 5.58. The molecule has 4 heterocycles. The third kappa shape index (κ3) is 3.75. The summed E-state index contributed by atoms with van der Waals surface area (Å²) in [7, 11) is 1.66. The summed E-state index contributed by atoms with van der Waals surface area (Å²) in [5.74, 6) is -3.23. The van der Waals surface area contributed by atoms with Crippen LogP contribution in [0.25, 0.3) is 33.3 Å². The summed E-state index contributed by atoms with van der Waals surface area (Å²) in [6, 6.07) is 2.65. The summed E-state index contributed by atoms with van der Waals surface area (Å²) < 4.78 is 31.8. The van der Waals surface area contributed by atoms with Gasteiger partial charge in [0, 0.05) is 91.7 Å². The molecule has 0 bridgehead atoms. The summed E-state index contributed by atoms with van der Waals surface area (Å²) in [5, 5.41) is 12.7. The molecular formula is C28H26F2N6O3. The molecule has 2 aliphatic rings. The van der Waals surface area contributed by atoms with Crippen molar-refractivity contribution >= 4 is 28.4 Å². The highest BCUT2D eigenvalue weighted by atomic mass is 19.2. The average Bonchev–Trinajstić information content (AvgIpc) is 3.54. The van der Waals surface area contributed by atoms with Crippen molar-refractivity contribution in [2.24, 2.45) is 5.73 Å². The van der Waals surface area contributed by atoms with Gasteiger partial charge in [-0.3, -0.25) is 9.78 Å². The van der Waals surface area contributed by atoms with Gasteiger partial charge in [-0.1, -0.05) is 0 Å². The van der Waals surface area contributed by atoms with Gasteiger partial charge in [-0.25, -0.2) is 18.6 Å². The smallest absolute Gasteiger partial charge is 0.341 e. The monoisotopic (exact) mass is 532 g/mol. The molecule has 1 saturated heterocycles. The van der Waals surface area contributed by atoms with E-state index in [0.29, 0.717) is 71.0 Å². The largest absolute Gasteiger partial charge is 0.477 e. The number of fused-ring (bicyclic) bond motifs is 4. The van der Waals surface area contributed by atoms with Gasteiger partial charge in [-0.2, -0.15) is 0 Å². The number of carbonyl (C=O) groups is 1. The van der Waals surface area contributed by atoms with Gasteiger partial charge in [0.25, 0.3) is 0 Å². The van der Waals surface area contributed by atoms with Gasteiger partial charge in [-0.05, 0) is 25.0 Å². The standard InChI is InChI=1S/C28H26F2N6O3/c1-3-35-12-18(28(38)39)26(37)16-6-13(9-34-27(16)35)17-10-33-21-7-15-20(32-2)8-19(29)24(30)22(15)23(21)25(17)36-5-4-14(31)11-36/h6,8-10,12,14,32H,3-5,7,11,31H2,1-2H3,(H,38,39). The fourth-order valence-corrected chi connectivity index (χ4v) is 5.78. The van der Waals surface area contributed by atoms with Crippen molar-refractivity contribution in [3.8, 4) is 22.3 Å². The number of anilines is 2. The van der Waals surface area contributed by atoms with Crippen molar-refractivity contribution in [1.29, 1.82) is 0 Å². The molecule has 0 spiro atoms. The average molecular weight is 533 g/mol. The maximum atomic E-state index is 15.5. The molecule has 1 aliphatic carbocycles. The molecule has 4 aromatic rings. The lowest BCUT2D eigenvalue weighted by Crippen LogP contribution is -2.27. The SMILES string of the molecule is CCn1cc(C(=O)O)c(=O)c2cc(-c3cnc4c(c3N3CCC(N)C3)-c3c(F)c(F)cc(NC)c3C4)cnc21. The normalized spacial score (nSPS) is 16.0. The van der Waals surface area contributed by atoms with Gasteiger partial charge in [0.05, 0.1) is 16.8 Å². The number of carboxylic acid groups (broad SMARTS) is 1. The predicted octanol–water partition coefficient (Wildman–Crippen LogP) is 3.61. The minimum absolute atomic E-state index is 0.0997. The second kappa shape index (κ2) is 9.12. The summed E-state index contributed by atoms with van der Waals surface area (Å²) in [6.45, 7) is 3.34. The van der Waals surface area contributed by atoms with Crippen LogP contribution in [0, 0.1) is 11.6 Å². The Labute approximate surface area is 221 Å². The van der Waals surface area contributed by atoms with Crippen molar-refractivity contribution in [3.05, 3.63) is 69.4 Å². The Bertz CT molecular complexity index is 1750. The molecule has 1 atom stereocenters. The number of halogens is 2. The Morgan fingerprint density at radius 3 is 2.69 bits per heavy atom. The number of benzene rings is 1. The fourth-order valence-electron chi connectivity index (χ4n) is 5.78. The van der Waals surface area contributed by atoms with Crippen LogP contribution in [0.3, 0.4) is 0 Å². The first-order valence-corrected chi connectivity index (χ1v) is 12.7. The summed E-state index contributed by atoms with van der Waals surface area (Å²) in [4.78, 5) is 36.1. The predicted molar refractivity (Wildman–Crippen MR) is 144 cm³/mol. The number of nitrogens with zero attached hydrogens (tertiary/aromatic N) is 4. The van der Waals surface area contributed by atoms with Gasteiger partial charge in [0.1, 0.15) is 11.2 Å². The Morgan fingerprint density at radius 2 is 2.03 bits per heavy atom. The van der Waals surface area contributed by atoms with Crippen molar-refractivity contribution in [3.63, 3.8) is 0 Å². The lowest BCUT2D eigenvalue weighted by atomic mass is 9.97. The number of aromatic nitrogens is 3. The quantitative estimate of drug-likeness (QED) is 0.314. The number of hydrogen-bond acceptors (Lipinski definition) is 7. The van der Waals surface area contributed by atoms with Crippen LogP contribution < -0.4 is 21.4 Å². The van der Waals surface area contributed by atoms with E-state index in [1.54, 1.807) is 30.1 Å². The highest BCUT2D eigenvalue weighted by Gasteiger charge is 2.35. The summed E-state index contributed by atoms with van der Waals surface area (Å²) in [5.41, 5.74) is 9.70. The van der Waals surface area contributed by atoms with Gasteiger partial charge in [-0.15, -0.1) is 0 Å². The van der Waals surface area contributed by atoms with E-state index in [4.69, 9.17) is 5.73 Å². The third-order valence-corrected chi connectivity index (χ3v) is 7.66. The zero-order valence-corrected chi connectivity index (χ0v) is 21.4. The van der Waals surface area contributed by atoms with E-state index in [-0.39, 0.29) is 22.6 Å². The highest BCUT2D eigenvalue weighted by Crippen LogP contribution is 2.50. The Morgan fingerprint density at radius 1 is 1.23 bits per heavy atom. The number of pyridine rings is 3. The van der Waals surface area contributed by atoms with Crippen LogP contribution >= 0.6 is 0 Å². The van der Waals surface area contributed by atoms with E-state index < -0.39 is 23.0 Å². The van der Waals surface area contributed by atoms with Crippen LogP contribution in [-0.4, -0.2) is 51.8 Å². The lowest BCUT2D eigenvalue weighted by Gasteiger charge is -2.25. The molecule has 0 saturated carbocycles. The first-order valence-electron chi connectivity index (χ1n) is 12.7. The number of hydrogen-bond donors (Lipinski definition) is 3.